The summed E-state index contributed by atoms with van der Waals surface area (Å²) in [5.74, 6) is 1.37. The highest BCUT2D eigenvalue weighted by atomic mass is 35.5. The van der Waals surface area contributed by atoms with Crippen molar-refractivity contribution in [3.05, 3.63) is 47.1 Å². The summed E-state index contributed by atoms with van der Waals surface area (Å²) in [6.45, 7) is 1.43. The predicted octanol–water partition coefficient (Wildman–Crippen LogP) is 2.99. The minimum Gasteiger partial charge on any atom is -0.370 e. The summed E-state index contributed by atoms with van der Waals surface area (Å²) in [7, 11) is 0. The van der Waals surface area contributed by atoms with E-state index >= 15 is 0 Å². The van der Waals surface area contributed by atoms with Crippen molar-refractivity contribution in [2.45, 2.75) is 25.5 Å². The number of halogens is 1. The van der Waals surface area contributed by atoms with E-state index in [2.05, 4.69) is 20.3 Å². The third-order valence-electron chi connectivity index (χ3n) is 3.15. The predicted molar refractivity (Wildman–Crippen MR) is 76.5 cm³/mol. The van der Waals surface area contributed by atoms with Crippen LogP contribution in [0.5, 0.6) is 0 Å². The Kier molecular flexibility index (Phi) is 4.08. The second kappa shape index (κ2) is 6.15. The summed E-state index contributed by atoms with van der Waals surface area (Å²) < 4.78 is 5.59. The molecule has 1 fully saturated rings. The first-order valence-electron chi connectivity index (χ1n) is 6.60. The first-order chi connectivity index (χ1) is 9.81. The summed E-state index contributed by atoms with van der Waals surface area (Å²) in [6.07, 6.45) is 5.49. The average molecular weight is 291 g/mol. The van der Waals surface area contributed by atoms with Gasteiger partial charge in [-0.2, -0.15) is 0 Å². The lowest BCUT2D eigenvalue weighted by molar-refractivity contribution is 0.105. The van der Waals surface area contributed by atoms with Crippen LogP contribution in [0.15, 0.2) is 30.6 Å². The van der Waals surface area contributed by atoms with E-state index in [1.807, 2.05) is 12.1 Å². The van der Waals surface area contributed by atoms with E-state index in [-0.39, 0.29) is 6.10 Å². The average Bonchev–Trinajstić information content (AvgIpc) is 3.00. The Morgan fingerprint density at radius 1 is 1.30 bits per heavy atom. The highest BCUT2D eigenvalue weighted by Gasteiger charge is 2.21. The van der Waals surface area contributed by atoms with Crippen LogP contribution in [0.2, 0.25) is 5.15 Å². The fourth-order valence-corrected chi connectivity index (χ4v) is 2.33. The molecule has 1 N–H and O–H groups in total. The number of anilines is 1. The molecule has 1 saturated heterocycles. The summed E-state index contributed by atoms with van der Waals surface area (Å²) in [4.78, 5) is 12.7. The van der Waals surface area contributed by atoms with E-state index in [0.29, 0.717) is 23.3 Å². The van der Waals surface area contributed by atoms with Crippen molar-refractivity contribution in [1.82, 2.24) is 15.0 Å². The van der Waals surface area contributed by atoms with Crippen molar-refractivity contribution >= 4 is 17.4 Å². The van der Waals surface area contributed by atoms with Gasteiger partial charge in [-0.25, -0.2) is 9.97 Å². The van der Waals surface area contributed by atoms with Gasteiger partial charge in [0.05, 0.1) is 0 Å². The van der Waals surface area contributed by atoms with Gasteiger partial charge >= 0.3 is 0 Å². The normalized spacial score (nSPS) is 18.1. The molecular formula is C14H15ClN4O. The number of rotatable bonds is 4. The highest BCUT2D eigenvalue weighted by Crippen LogP contribution is 2.27. The second-order valence-electron chi connectivity index (χ2n) is 4.64. The number of hydrogen-bond donors (Lipinski definition) is 1. The van der Waals surface area contributed by atoms with Crippen LogP contribution in [0.25, 0.3) is 0 Å². The van der Waals surface area contributed by atoms with Gasteiger partial charge in [-0.1, -0.05) is 11.6 Å². The SMILES string of the molecule is Clc1cc(NCc2ccncc2)nc(C2CCCO2)n1. The lowest BCUT2D eigenvalue weighted by Crippen LogP contribution is -2.07. The molecule has 1 unspecified atom stereocenters. The van der Waals surface area contributed by atoms with Gasteiger partial charge in [0.2, 0.25) is 0 Å². The number of ether oxygens (including phenoxy) is 1. The van der Waals surface area contributed by atoms with Crippen molar-refractivity contribution in [3.8, 4) is 0 Å². The Morgan fingerprint density at radius 2 is 2.15 bits per heavy atom. The van der Waals surface area contributed by atoms with Crippen LogP contribution in [-0.4, -0.2) is 21.6 Å². The molecule has 6 heteroatoms. The molecule has 0 aromatic carbocycles. The van der Waals surface area contributed by atoms with Crippen molar-refractivity contribution < 1.29 is 4.74 Å². The van der Waals surface area contributed by atoms with E-state index in [9.17, 15) is 0 Å². The number of nitrogens with zero attached hydrogens (tertiary/aromatic N) is 3. The number of pyridine rings is 1. The molecule has 104 valence electrons. The van der Waals surface area contributed by atoms with Crippen LogP contribution in [-0.2, 0) is 11.3 Å². The summed E-state index contributed by atoms with van der Waals surface area (Å²) >= 11 is 6.05. The van der Waals surface area contributed by atoms with Crippen LogP contribution in [0.4, 0.5) is 5.82 Å². The summed E-state index contributed by atoms with van der Waals surface area (Å²) in [6, 6.07) is 5.63. The molecule has 0 bridgehead atoms. The topological polar surface area (TPSA) is 59.9 Å². The molecular weight excluding hydrogens is 276 g/mol. The fourth-order valence-electron chi connectivity index (χ4n) is 2.14. The second-order valence-corrected chi connectivity index (χ2v) is 5.03. The smallest absolute Gasteiger partial charge is 0.161 e. The molecule has 0 spiro atoms. The Bertz CT molecular complexity index is 573. The molecule has 2 aromatic heterocycles. The quantitative estimate of drug-likeness (QED) is 0.877. The van der Waals surface area contributed by atoms with Gasteiger partial charge in [-0.05, 0) is 30.5 Å². The van der Waals surface area contributed by atoms with Crippen LogP contribution in [0, 0.1) is 0 Å². The standard InChI is InChI=1S/C14H15ClN4O/c15-12-8-13(17-9-10-3-5-16-6-4-10)19-14(18-12)11-2-1-7-20-11/h3-6,8,11H,1-2,7,9H2,(H,17,18,19). The first-order valence-corrected chi connectivity index (χ1v) is 6.98. The van der Waals surface area contributed by atoms with Crippen LogP contribution >= 0.6 is 11.6 Å². The molecule has 2 aromatic rings. The molecule has 1 aliphatic rings. The molecule has 0 aliphatic carbocycles. The zero-order valence-corrected chi connectivity index (χ0v) is 11.7. The Morgan fingerprint density at radius 3 is 2.90 bits per heavy atom. The van der Waals surface area contributed by atoms with E-state index in [1.54, 1.807) is 18.5 Å². The number of hydrogen-bond acceptors (Lipinski definition) is 5. The third-order valence-corrected chi connectivity index (χ3v) is 3.35. The van der Waals surface area contributed by atoms with Gasteiger partial charge in [0, 0.05) is 31.6 Å². The van der Waals surface area contributed by atoms with Crippen molar-refractivity contribution in [1.29, 1.82) is 0 Å². The number of nitrogens with one attached hydrogen (secondary N) is 1. The zero-order valence-electron chi connectivity index (χ0n) is 10.9. The third kappa shape index (κ3) is 3.23. The molecule has 0 radical (unpaired) electrons. The molecule has 3 rings (SSSR count). The van der Waals surface area contributed by atoms with Crippen LogP contribution in [0.3, 0.4) is 0 Å². The number of aromatic nitrogens is 3. The molecule has 1 atom stereocenters. The first kappa shape index (κ1) is 13.3. The van der Waals surface area contributed by atoms with Crippen molar-refractivity contribution in [3.63, 3.8) is 0 Å². The maximum atomic E-state index is 6.05. The van der Waals surface area contributed by atoms with E-state index < -0.39 is 0 Å². The maximum absolute atomic E-state index is 6.05. The Hall–Kier alpha value is -1.72. The van der Waals surface area contributed by atoms with E-state index in [4.69, 9.17) is 16.3 Å². The molecule has 5 nitrogen and oxygen atoms in total. The molecule has 3 heterocycles. The Labute approximate surface area is 122 Å². The van der Waals surface area contributed by atoms with Crippen molar-refractivity contribution in [2.24, 2.45) is 0 Å². The summed E-state index contributed by atoms with van der Waals surface area (Å²) in [5.41, 5.74) is 1.13. The van der Waals surface area contributed by atoms with E-state index in [1.165, 1.54) is 0 Å². The van der Waals surface area contributed by atoms with Gasteiger partial charge in [-0.3, -0.25) is 4.98 Å². The van der Waals surface area contributed by atoms with Crippen molar-refractivity contribution in [2.75, 3.05) is 11.9 Å². The van der Waals surface area contributed by atoms with Gasteiger partial charge < -0.3 is 10.1 Å². The monoisotopic (exact) mass is 290 g/mol. The van der Waals surface area contributed by atoms with Crippen LogP contribution < -0.4 is 5.32 Å². The lowest BCUT2D eigenvalue weighted by Gasteiger charge is -2.11. The minimum absolute atomic E-state index is 0.0322. The molecule has 20 heavy (non-hydrogen) atoms. The molecule has 0 amide bonds. The lowest BCUT2D eigenvalue weighted by atomic mass is 10.2. The zero-order chi connectivity index (χ0) is 13.8. The highest BCUT2D eigenvalue weighted by molar-refractivity contribution is 6.29. The maximum Gasteiger partial charge on any atom is 0.161 e. The van der Waals surface area contributed by atoms with E-state index in [0.717, 1.165) is 25.0 Å². The minimum atomic E-state index is -0.0322. The fraction of sp³-hybridized carbons (Fsp3) is 0.357. The van der Waals surface area contributed by atoms with Gasteiger partial charge in [0.15, 0.2) is 5.82 Å². The van der Waals surface area contributed by atoms with Gasteiger partial charge in [0.25, 0.3) is 0 Å². The Balaban J connectivity index is 1.72. The summed E-state index contributed by atoms with van der Waals surface area (Å²) in [5, 5.41) is 3.68. The van der Waals surface area contributed by atoms with Crippen LogP contribution in [0.1, 0.15) is 30.3 Å². The van der Waals surface area contributed by atoms with Gasteiger partial charge in [0.1, 0.15) is 17.1 Å². The molecule has 1 aliphatic heterocycles. The molecule has 0 saturated carbocycles. The van der Waals surface area contributed by atoms with Gasteiger partial charge in [-0.15, -0.1) is 0 Å². The largest absolute Gasteiger partial charge is 0.370 e.